The van der Waals surface area contributed by atoms with E-state index in [4.69, 9.17) is 19.7 Å². The second kappa shape index (κ2) is 10.9. The molecular formula is C24H29FN4O3. The fourth-order valence-corrected chi connectivity index (χ4v) is 3.17. The van der Waals surface area contributed by atoms with E-state index in [-0.39, 0.29) is 11.8 Å². The molecule has 1 aromatic heterocycles. The Kier molecular flexibility index (Phi) is 7.97. The van der Waals surface area contributed by atoms with Gasteiger partial charge in [0.2, 0.25) is 5.88 Å². The Morgan fingerprint density at radius 2 is 1.91 bits per heavy atom. The predicted octanol–water partition coefficient (Wildman–Crippen LogP) is 4.20. The number of benzene rings is 2. The van der Waals surface area contributed by atoms with E-state index >= 15 is 0 Å². The first-order valence-electron chi connectivity index (χ1n) is 10.4. The van der Waals surface area contributed by atoms with E-state index in [9.17, 15) is 4.39 Å². The van der Waals surface area contributed by atoms with Crippen LogP contribution in [0.5, 0.6) is 0 Å². The van der Waals surface area contributed by atoms with Gasteiger partial charge in [0, 0.05) is 24.2 Å². The molecule has 0 atom stereocenters. The summed E-state index contributed by atoms with van der Waals surface area (Å²) >= 11 is 0. The van der Waals surface area contributed by atoms with Crippen molar-refractivity contribution in [2.45, 2.75) is 19.3 Å². The average molecular weight is 441 g/mol. The monoisotopic (exact) mass is 440 g/mol. The van der Waals surface area contributed by atoms with Crippen LogP contribution in [0.4, 0.5) is 10.3 Å². The minimum Gasteiger partial charge on any atom is -0.382 e. The van der Waals surface area contributed by atoms with Crippen LogP contribution < -0.4 is 11.1 Å². The van der Waals surface area contributed by atoms with Crippen molar-refractivity contribution in [2.24, 2.45) is 10.7 Å². The highest BCUT2D eigenvalue weighted by atomic mass is 19.1. The lowest BCUT2D eigenvalue weighted by molar-refractivity contribution is 0.0748. The van der Waals surface area contributed by atoms with Crippen molar-refractivity contribution in [3.05, 3.63) is 71.7 Å². The van der Waals surface area contributed by atoms with Crippen molar-refractivity contribution in [3.8, 4) is 11.1 Å². The molecule has 32 heavy (non-hydrogen) atoms. The highest BCUT2D eigenvalue weighted by molar-refractivity contribution is 5.91. The van der Waals surface area contributed by atoms with Gasteiger partial charge in [-0.2, -0.15) is 0 Å². The molecule has 0 amide bonds. The Labute approximate surface area is 187 Å². The van der Waals surface area contributed by atoms with Crippen LogP contribution in [0.3, 0.4) is 0 Å². The third-order valence-electron chi connectivity index (χ3n) is 5.13. The molecule has 8 heteroatoms. The highest BCUT2D eigenvalue weighted by Gasteiger charge is 2.28. The molecule has 0 fully saturated rings. The number of nitrogens with zero attached hydrogens (tertiary/aromatic N) is 2. The number of aliphatic imine (C=N–C) groups is 1. The maximum Gasteiger partial charge on any atom is 0.231 e. The SMILES string of the molecule is COCCOCCN=C(N)Nc1cc(C(C)(C)c2ccc(-c3ccccc3)c(F)c2)no1. The van der Waals surface area contributed by atoms with Crippen LogP contribution in [-0.2, 0) is 14.9 Å². The van der Waals surface area contributed by atoms with Gasteiger partial charge in [-0.05, 0) is 17.2 Å². The van der Waals surface area contributed by atoms with Crippen LogP contribution in [0.2, 0.25) is 0 Å². The molecule has 0 aliphatic carbocycles. The molecule has 0 aliphatic rings. The van der Waals surface area contributed by atoms with Gasteiger partial charge < -0.3 is 19.7 Å². The Morgan fingerprint density at radius 1 is 1.12 bits per heavy atom. The maximum atomic E-state index is 14.9. The number of aromatic nitrogens is 1. The molecule has 0 spiro atoms. The molecular weight excluding hydrogens is 411 g/mol. The lowest BCUT2D eigenvalue weighted by atomic mass is 9.81. The van der Waals surface area contributed by atoms with Crippen molar-refractivity contribution >= 4 is 11.8 Å². The number of hydrogen-bond donors (Lipinski definition) is 2. The normalized spacial score (nSPS) is 12.2. The first kappa shape index (κ1) is 23.4. The van der Waals surface area contributed by atoms with Gasteiger partial charge in [-0.1, -0.05) is 61.5 Å². The number of halogens is 1. The fourth-order valence-electron chi connectivity index (χ4n) is 3.17. The zero-order valence-corrected chi connectivity index (χ0v) is 18.6. The standard InChI is InChI=1S/C24H29FN4O3/c1-24(2,18-9-10-19(20(25)15-18)17-7-5-4-6-8-17)21-16-22(32-29-21)28-23(26)27-11-12-31-14-13-30-3/h4-10,15-16H,11-14H2,1-3H3,(H3,26,27,28). The summed E-state index contributed by atoms with van der Waals surface area (Å²) in [6.45, 7) is 5.80. The highest BCUT2D eigenvalue weighted by Crippen LogP contribution is 2.34. The Hall–Kier alpha value is -3.23. The summed E-state index contributed by atoms with van der Waals surface area (Å²) in [6.07, 6.45) is 0. The Bertz CT molecular complexity index is 1030. The quantitative estimate of drug-likeness (QED) is 0.279. The first-order valence-corrected chi connectivity index (χ1v) is 10.4. The molecule has 3 aromatic rings. The van der Waals surface area contributed by atoms with Crippen LogP contribution in [-0.4, -0.2) is 44.6 Å². The van der Waals surface area contributed by atoms with E-state index < -0.39 is 5.41 Å². The van der Waals surface area contributed by atoms with Crippen molar-refractivity contribution < 1.29 is 18.4 Å². The molecule has 7 nitrogen and oxygen atoms in total. The largest absolute Gasteiger partial charge is 0.382 e. The second-order valence-corrected chi connectivity index (χ2v) is 7.76. The van der Waals surface area contributed by atoms with Crippen molar-refractivity contribution in [2.75, 3.05) is 38.8 Å². The summed E-state index contributed by atoms with van der Waals surface area (Å²) in [6, 6.07) is 16.4. The van der Waals surface area contributed by atoms with E-state index in [1.807, 2.05) is 50.2 Å². The fraction of sp³-hybridized carbons (Fsp3) is 0.333. The number of guanidine groups is 1. The summed E-state index contributed by atoms with van der Waals surface area (Å²) in [5.41, 5.74) is 8.12. The van der Waals surface area contributed by atoms with Gasteiger partial charge in [0.25, 0.3) is 0 Å². The number of nitrogens with one attached hydrogen (secondary N) is 1. The zero-order valence-electron chi connectivity index (χ0n) is 18.6. The maximum absolute atomic E-state index is 14.9. The van der Waals surface area contributed by atoms with Gasteiger partial charge in [-0.3, -0.25) is 10.3 Å². The molecule has 0 unspecified atom stereocenters. The Morgan fingerprint density at radius 3 is 2.62 bits per heavy atom. The van der Waals surface area contributed by atoms with E-state index in [0.717, 1.165) is 11.1 Å². The average Bonchev–Trinajstić information content (AvgIpc) is 3.26. The number of nitrogens with two attached hydrogens (primary N) is 1. The molecule has 0 aliphatic heterocycles. The first-order chi connectivity index (χ1) is 15.4. The number of anilines is 1. The molecule has 3 rings (SSSR count). The van der Waals surface area contributed by atoms with E-state index in [1.165, 1.54) is 0 Å². The van der Waals surface area contributed by atoms with Gasteiger partial charge in [0.05, 0.1) is 32.1 Å². The van der Waals surface area contributed by atoms with Crippen LogP contribution in [0.15, 0.2) is 64.1 Å². The van der Waals surface area contributed by atoms with Crippen LogP contribution in [0, 0.1) is 5.82 Å². The van der Waals surface area contributed by atoms with E-state index in [2.05, 4.69) is 15.5 Å². The van der Waals surface area contributed by atoms with Crippen molar-refractivity contribution in [1.29, 1.82) is 0 Å². The lowest BCUT2D eigenvalue weighted by Gasteiger charge is -2.23. The topological polar surface area (TPSA) is 94.9 Å². The number of ether oxygens (including phenoxy) is 2. The number of hydrogen-bond acceptors (Lipinski definition) is 5. The molecule has 1 heterocycles. The summed E-state index contributed by atoms with van der Waals surface area (Å²) in [7, 11) is 1.62. The van der Waals surface area contributed by atoms with Gasteiger partial charge in [0.15, 0.2) is 5.96 Å². The summed E-state index contributed by atoms with van der Waals surface area (Å²) in [4.78, 5) is 4.18. The second-order valence-electron chi connectivity index (χ2n) is 7.76. The molecule has 0 radical (unpaired) electrons. The molecule has 170 valence electrons. The third-order valence-corrected chi connectivity index (χ3v) is 5.13. The van der Waals surface area contributed by atoms with Crippen molar-refractivity contribution in [1.82, 2.24) is 5.16 Å². The summed E-state index contributed by atoms with van der Waals surface area (Å²) < 4.78 is 30.5. The van der Waals surface area contributed by atoms with Crippen LogP contribution in [0.25, 0.3) is 11.1 Å². The smallest absolute Gasteiger partial charge is 0.231 e. The molecule has 0 saturated heterocycles. The van der Waals surface area contributed by atoms with Gasteiger partial charge in [0.1, 0.15) is 5.82 Å². The van der Waals surface area contributed by atoms with Gasteiger partial charge >= 0.3 is 0 Å². The lowest BCUT2D eigenvalue weighted by Crippen LogP contribution is -2.23. The zero-order chi connectivity index (χ0) is 23.0. The predicted molar refractivity (Wildman–Crippen MR) is 123 cm³/mol. The molecule has 0 bridgehead atoms. The summed E-state index contributed by atoms with van der Waals surface area (Å²) in [5.74, 6) is 0.267. The molecule has 3 N–H and O–H groups in total. The van der Waals surface area contributed by atoms with Gasteiger partial charge in [-0.25, -0.2) is 4.39 Å². The van der Waals surface area contributed by atoms with Crippen molar-refractivity contribution in [3.63, 3.8) is 0 Å². The third kappa shape index (κ3) is 5.93. The molecule has 0 saturated carbocycles. The number of methoxy groups -OCH3 is 1. The van der Waals surface area contributed by atoms with Gasteiger partial charge in [-0.15, -0.1) is 0 Å². The minimum atomic E-state index is -0.583. The summed E-state index contributed by atoms with van der Waals surface area (Å²) in [5, 5.41) is 7.02. The van der Waals surface area contributed by atoms with E-state index in [0.29, 0.717) is 43.5 Å². The minimum absolute atomic E-state index is 0.194. The number of rotatable bonds is 10. The Balaban J connectivity index is 1.66. The van der Waals surface area contributed by atoms with E-state index in [1.54, 1.807) is 25.3 Å². The van der Waals surface area contributed by atoms with Crippen LogP contribution >= 0.6 is 0 Å². The molecule has 2 aromatic carbocycles. The van der Waals surface area contributed by atoms with Crippen LogP contribution in [0.1, 0.15) is 25.1 Å².